The van der Waals surface area contributed by atoms with Crippen molar-refractivity contribution in [3.63, 3.8) is 0 Å². The maximum atomic E-state index is 13.1. The zero-order valence-electron chi connectivity index (χ0n) is 18.1. The van der Waals surface area contributed by atoms with Crippen LogP contribution in [0.25, 0.3) is 16.9 Å². The number of piperazine rings is 1. The second-order valence-electron chi connectivity index (χ2n) is 7.88. The Morgan fingerprint density at radius 3 is 2.35 bits per heavy atom. The van der Waals surface area contributed by atoms with Crippen molar-refractivity contribution in [3.8, 4) is 11.3 Å². The average Bonchev–Trinajstić information content (AvgIpc) is 3.23. The third-order valence-corrected chi connectivity index (χ3v) is 5.60. The molecule has 8 nitrogen and oxygen atoms in total. The van der Waals surface area contributed by atoms with E-state index in [0.29, 0.717) is 49.9 Å². The molecule has 0 aliphatic carbocycles. The lowest BCUT2D eigenvalue weighted by atomic mass is 10.0. The summed E-state index contributed by atoms with van der Waals surface area (Å²) in [5, 5.41) is 4.46. The second-order valence-corrected chi connectivity index (χ2v) is 7.88. The first-order valence-corrected chi connectivity index (χ1v) is 10.6. The molecule has 2 amide bonds. The van der Waals surface area contributed by atoms with Crippen LogP contribution >= 0.6 is 0 Å². The quantitative estimate of drug-likeness (QED) is 0.645. The van der Waals surface area contributed by atoms with Crippen molar-refractivity contribution >= 4 is 17.6 Å². The molecule has 1 aliphatic rings. The van der Waals surface area contributed by atoms with Gasteiger partial charge in [-0.2, -0.15) is 5.10 Å². The van der Waals surface area contributed by atoms with E-state index < -0.39 is 0 Å². The first kappa shape index (κ1) is 20.8. The Labute approximate surface area is 181 Å². The Hall–Kier alpha value is -3.42. The number of ether oxygens (including phenoxy) is 1. The molecular weight excluding hydrogens is 394 g/mol. The number of fused-ring (bicyclic) bond motifs is 1. The molecule has 2 aromatic heterocycles. The molecule has 0 N–H and O–H groups in total. The van der Waals surface area contributed by atoms with E-state index in [2.05, 4.69) is 48.2 Å². The molecule has 0 unspecified atom stereocenters. The highest BCUT2D eigenvalue weighted by Gasteiger charge is 2.27. The lowest BCUT2D eigenvalue weighted by Crippen LogP contribution is -2.50. The van der Waals surface area contributed by atoms with Gasteiger partial charge in [-0.15, -0.1) is 0 Å². The van der Waals surface area contributed by atoms with E-state index in [1.54, 1.807) is 33.6 Å². The molecule has 8 heteroatoms. The number of carbonyl (C=O) groups excluding carboxylic acids is 2. The Bertz CT molecular complexity index is 1080. The van der Waals surface area contributed by atoms with Gasteiger partial charge in [0.15, 0.2) is 5.65 Å². The van der Waals surface area contributed by atoms with Crippen LogP contribution in [-0.2, 0) is 4.74 Å². The smallest absolute Gasteiger partial charge is 0.409 e. The van der Waals surface area contributed by atoms with Gasteiger partial charge in [0.25, 0.3) is 5.91 Å². The van der Waals surface area contributed by atoms with Crippen LogP contribution in [0.1, 0.15) is 42.6 Å². The maximum Gasteiger partial charge on any atom is 0.409 e. The van der Waals surface area contributed by atoms with Crippen LogP contribution in [0.2, 0.25) is 0 Å². The van der Waals surface area contributed by atoms with Crippen LogP contribution in [0, 0.1) is 0 Å². The van der Waals surface area contributed by atoms with Crippen LogP contribution in [0.4, 0.5) is 4.79 Å². The minimum absolute atomic E-state index is 0.127. The van der Waals surface area contributed by atoms with Crippen LogP contribution in [0.15, 0.2) is 42.7 Å². The first-order valence-electron chi connectivity index (χ1n) is 10.6. The van der Waals surface area contributed by atoms with Gasteiger partial charge in [-0.25, -0.2) is 14.3 Å². The Morgan fingerprint density at radius 1 is 1.03 bits per heavy atom. The fraction of sp³-hybridized carbons (Fsp3) is 0.391. The fourth-order valence-electron chi connectivity index (χ4n) is 3.78. The highest BCUT2D eigenvalue weighted by Crippen LogP contribution is 2.24. The number of benzene rings is 1. The topological polar surface area (TPSA) is 80.0 Å². The van der Waals surface area contributed by atoms with E-state index in [1.807, 2.05) is 6.07 Å². The standard InChI is InChI=1S/C23H27N5O3/c1-4-31-23(30)27-13-11-26(12-14-27)22(29)19-15-25-28-20(9-10-24-21(19)28)18-7-5-17(6-8-18)16(2)3/h5-10,15-16H,4,11-14H2,1-3H3. The number of hydrogen-bond acceptors (Lipinski definition) is 5. The molecule has 0 bridgehead atoms. The van der Waals surface area contributed by atoms with Crippen molar-refractivity contribution in [1.82, 2.24) is 24.4 Å². The summed E-state index contributed by atoms with van der Waals surface area (Å²) in [6.45, 7) is 8.25. The molecule has 1 aliphatic heterocycles. The van der Waals surface area contributed by atoms with Crippen molar-refractivity contribution < 1.29 is 14.3 Å². The van der Waals surface area contributed by atoms with E-state index in [-0.39, 0.29) is 12.0 Å². The summed E-state index contributed by atoms with van der Waals surface area (Å²) in [4.78, 5) is 32.8. The predicted octanol–water partition coefficient (Wildman–Crippen LogP) is 3.43. The van der Waals surface area contributed by atoms with E-state index in [0.717, 1.165) is 11.3 Å². The molecule has 3 aromatic rings. The number of rotatable bonds is 4. The maximum absolute atomic E-state index is 13.1. The predicted molar refractivity (Wildman–Crippen MR) is 117 cm³/mol. The third kappa shape index (κ3) is 4.10. The van der Waals surface area contributed by atoms with Crippen molar-refractivity contribution in [2.75, 3.05) is 32.8 Å². The minimum Gasteiger partial charge on any atom is -0.450 e. The van der Waals surface area contributed by atoms with Crippen molar-refractivity contribution in [3.05, 3.63) is 53.9 Å². The summed E-state index contributed by atoms with van der Waals surface area (Å²) in [7, 11) is 0. The normalized spacial score (nSPS) is 14.3. The van der Waals surface area contributed by atoms with Gasteiger partial charge in [-0.05, 0) is 24.5 Å². The second kappa shape index (κ2) is 8.75. The molecular formula is C23H27N5O3. The van der Waals surface area contributed by atoms with Crippen LogP contribution in [-0.4, -0.2) is 69.2 Å². The number of nitrogens with zero attached hydrogens (tertiary/aromatic N) is 5. The average molecular weight is 422 g/mol. The molecule has 4 rings (SSSR count). The zero-order chi connectivity index (χ0) is 22.0. The van der Waals surface area contributed by atoms with Gasteiger partial charge >= 0.3 is 6.09 Å². The molecule has 162 valence electrons. The molecule has 0 atom stereocenters. The van der Waals surface area contributed by atoms with Gasteiger partial charge in [0.05, 0.1) is 18.5 Å². The van der Waals surface area contributed by atoms with Crippen molar-refractivity contribution in [1.29, 1.82) is 0 Å². The molecule has 3 heterocycles. The van der Waals surface area contributed by atoms with E-state index in [9.17, 15) is 9.59 Å². The summed E-state index contributed by atoms with van der Waals surface area (Å²) < 4.78 is 6.76. The van der Waals surface area contributed by atoms with Gasteiger partial charge in [-0.1, -0.05) is 38.1 Å². The number of aromatic nitrogens is 3. The highest BCUT2D eigenvalue weighted by atomic mass is 16.6. The molecule has 0 radical (unpaired) electrons. The largest absolute Gasteiger partial charge is 0.450 e. The van der Waals surface area contributed by atoms with E-state index in [1.165, 1.54) is 5.56 Å². The van der Waals surface area contributed by atoms with Gasteiger partial charge < -0.3 is 14.5 Å². The number of amides is 2. The number of hydrogen-bond donors (Lipinski definition) is 0. The van der Waals surface area contributed by atoms with E-state index >= 15 is 0 Å². The van der Waals surface area contributed by atoms with Crippen LogP contribution < -0.4 is 0 Å². The Kier molecular flexibility index (Phi) is 5.88. The van der Waals surface area contributed by atoms with Gasteiger partial charge in [-0.3, -0.25) is 4.79 Å². The molecule has 31 heavy (non-hydrogen) atoms. The lowest BCUT2D eigenvalue weighted by Gasteiger charge is -2.33. The molecule has 1 aromatic carbocycles. The monoisotopic (exact) mass is 421 g/mol. The van der Waals surface area contributed by atoms with Gasteiger partial charge in [0, 0.05) is 37.9 Å². The summed E-state index contributed by atoms with van der Waals surface area (Å²) >= 11 is 0. The highest BCUT2D eigenvalue weighted by molar-refractivity contribution is 6.00. The fourth-order valence-corrected chi connectivity index (χ4v) is 3.78. The summed E-state index contributed by atoms with van der Waals surface area (Å²) in [5.41, 5.74) is 4.16. The van der Waals surface area contributed by atoms with Crippen LogP contribution in [0.5, 0.6) is 0 Å². The number of carbonyl (C=O) groups is 2. The summed E-state index contributed by atoms with van der Waals surface area (Å²) in [6.07, 6.45) is 2.95. The zero-order valence-corrected chi connectivity index (χ0v) is 18.1. The van der Waals surface area contributed by atoms with Gasteiger partial charge in [0.2, 0.25) is 0 Å². The first-order chi connectivity index (χ1) is 15.0. The van der Waals surface area contributed by atoms with Crippen molar-refractivity contribution in [2.24, 2.45) is 0 Å². The van der Waals surface area contributed by atoms with Gasteiger partial charge in [0.1, 0.15) is 5.56 Å². The summed E-state index contributed by atoms with van der Waals surface area (Å²) in [5.74, 6) is 0.336. The minimum atomic E-state index is -0.333. The van der Waals surface area contributed by atoms with E-state index in [4.69, 9.17) is 4.74 Å². The third-order valence-electron chi connectivity index (χ3n) is 5.60. The molecule has 1 fully saturated rings. The SMILES string of the molecule is CCOC(=O)N1CCN(C(=O)c2cnn3c(-c4ccc(C(C)C)cc4)ccnc23)CC1. The molecule has 0 spiro atoms. The molecule has 0 saturated carbocycles. The van der Waals surface area contributed by atoms with Crippen molar-refractivity contribution in [2.45, 2.75) is 26.7 Å². The Balaban J connectivity index is 1.55. The lowest BCUT2D eigenvalue weighted by molar-refractivity contribution is 0.0571. The summed E-state index contributed by atoms with van der Waals surface area (Å²) in [6, 6.07) is 10.3. The Morgan fingerprint density at radius 2 is 1.71 bits per heavy atom. The molecule has 1 saturated heterocycles. The van der Waals surface area contributed by atoms with Crippen LogP contribution in [0.3, 0.4) is 0 Å².